The summed E-state index contributed by atoms with van der Waals surface area (Å²) in [6, 6.07) is 15.5. The Labute approximate surface area is 189 Å². The maximum atomic E-state index is 15.0. The maximum absolute atomic E-state index is 15.0. The van der Waals surface area contributed by atoms with E-state index in [-0.39, 0.29) is 16.9 Å². The van der Waals surface area contributed by atoms with E-state index in [1.165, 1.54) is 56.2 Å². The molecule has 0 unspecified atom stereocenters. The lowest BCUT2D eigenvalue weighted by Crippen LogP contribution is -2.14. The van der Waals surface area contributed by atoms with Crippen molar-refractivity contribution in [2.24, 2.45) is 11.8 Å². The van der Waals surface area contributed by atoms with Crippen molar-refractivity contribution < 1.29 is 8.78 Å². The van der Waals surface area contributed by atoms with E-state index in [9.17, 15) is 4.39 Å². The van der Waals surface area contributed by atoms with Crippen LogP contribution in [0.15, 0.2) is 48.5 Å². The average Bonchev–Trinajstić information content (AvgIpc) is 2.82. The molecule has 0 radical (unpaired) electrons. The van der Waals surface area contributed by atoms with Gasteiger partial charge >= 0.3 is 0 Å². The van der Waals surface area contributed by atoms with E-state index in [0.717, 1.165) is 23.6 Å². The van der Waals surface area contributed by atoms with Crippen LogP contribution in [-0.4, -0.2) is 0 Å². The maximum Gasteiger partial charge on any atom is 0.146 e. The van der Waals surface area contributed by atoms with Gasteiger partial charge in [-0.2, -0.15) is 5.26 Å². The van der Waals surface area contributed by atoms with Gasteiger partial charge in [-0.25, -0.2) is 8.78 Å². The molecule has 0 heterocycles. The lowest BCUT2D eigenvalue weighted by molar-refractivity contribution is 0.259. The van der Waals surface area contributed by atoms with Crippen LogP contribution in [0, 0.1) is 46.6 Å². The third kappa shape index (κ3) is 5.00. The van der Waals surface area contributed by atoms with Crippen LogP contribution in [0.3, 0.4) is 0 Å². The topological polar surface area (TPSA) is 23.8 Å². The van der Waals surface area contributed by atoms with Crippen LogP contribution in [0.5, 0.6) is 0 Å². The molecule has 0 spiro atoms. The van der Waals surface area contributed by atoms with Gasteiger partial charge in [-0.1, -0.05) is 75.1 Å². The number of rotatable bonds is 4. The van der Waals surface area contributed by atoms with Crippen molar-refractivity contribution in [3.05, 3.63) is 82.4 Å². The summed E-state index contributed by atoms with van der Waals surface area (Å²) in [6.45, 7) is 2.29. The first-order chi connectivity index (χ1) is 15.6. The summed E-state index contributed by atoms with van der Waals surface area (Å²) in [5.74, 6) is 6.36. The molecule has 0 amide bonds. The van der Waals surface area contributed by atoms with Gasteiger partial charge < -0.3 is 0 Å². The zero-order chi connectivity index (χ0) is 22.5. The van der Waals surface area contributed by atoms with E-state index in [4.69, 9.17) is 5.26 Å². The number of hydrogen-bond acceptors (Lipinski definition) is 1. The Bertz CT molecular complexity index is 1220. The molecule has 0 N–H and O–H groups in total. The van der Waals surface area contributed by atoms with E-state index < -0.39 is 5.82 Å². The highest BCUT2D eigenvalue weighted by molar-refractivity contribution is 5.85. The quantitative estimate of drug-likeness (QED) is 0.395. The van der Waals surface area contributed by atoms with Gasteiger partial charge in [0.2, 0.25) is 0 Å². The lowest BCUT2D eigenvalue weighted by Gasteiger charge is -2.27. The average molecular weight is 428 g/mol. The summed E-state index contributed by atoms with van der Waals surface area (Å²) in [7, 11) is 0. The van der Waals surface area contributed by atoms with Gasteiger partial charge in [0.05, 0.1) is 11.1 Å². The summed E-state index contributed by atoms with van der Waals surface area (Å²) in [5.41, 5.74) is 1.91. The minimum Gasteiger partial charge on any atom is -0.206 e. The van der Waals surface area contributed by atoms with Crippen molar-refractivity contribution in [3.63, 3.8) is 0 Å². The lowest BCUT2D eigenvalue weighted by atomic mass is 9.78. The second-order valence-corrected chi connectivity index (χ2v) is 8.87. The third-order valence-electron chi connectivity index (χ3n) is 6.83. The molecule has 3 aromatic carbocycles. The number of fused-ring (bicyclic) bond motifs is 1. The molecule has 32 heavy (non-hydrogen) atoms. The minimum absolute atomic E-state index is 0.0307. The summed E-state index contributed by atoms with van der Waals surface area (Å²) in [4.78, 5) is 0. The summed E-state index contributed by atoms with van der Waals surface area (Å²) < 4.78 is 28.8. The van der Waals surface area contributed by atoms with Crippen molar-refractivity contribution in [2.75, 3.05) is 0 Å². The predicted molar refractivity (Wildman–Crippen MR) is 125 cm³/mol. The Kier molecular flexibility index (Phi) is 6.87. The van der Waals surface area contributed by atoms with Gasteiger partial charge in [0.15, 0.2) is 0 Å². The van der Waals surface area contributed by atoms with Gasteiger partial charge in [0.1, 0.15) is 17.7 Å². The molecule has 3 heteroatoms. The molecule has 4 rings (SSSR count). The van der Waals surface area contributed by atoms with Crippen molar-refractivity contribution in [1.29, 1.82) is 5.26 Å². The predicted octanol–water partition coefficient (Wildman–Crippen LogP) is 7.54. The second kappa shape index (κ2) is 9.97. The second-order valence-electron chi connectivity index (χ2n) is 8.87. The van der Waals surface area contributed by atoms with Gasteiger partial charge in [0.25, 0.3) is 0 Å². The van der Waals surface area contributed by atoms with Crippen LogP contribution in [0.25, 0.3) is 10.8 Å². The van der Waals surface area contributed by atoms with Crippen LogP contribution < -0.4 is 0 Å². The van der Waals surface area contributed by atoms with Crippen LogP contribution in [0.1, 0.15) is 67.7 Å². The first kappa shape index (κ1) is 22.0. The summed E-state index contributed by atoms with van der Waals surface area (Å²) in [5, 5.41) is 10.2. The Morgan fingerprint density at radius 2 is 1.62 bits per heavy atom. The van der Waals surface area contributed by atoms with E-state index in [1.54, 1.807) is 18.2 Å². The number of benzene rings is 3. The van der Waals surface area contributed by atoms with Crippen molar-refractivity contribution in [1.82, 2.24) is 0 Å². The number of aryl methyl sites for hydroxylation is 1. The molecule has 1 nitrogen and oxygen atoms in total. The van der Waals surface area contributed by atoms with E-state index in [2.05, 4.69) is 24.8 Å². The van der Waals surface area contributed by atoms with Gasteiger partial charge in [-0.05, 0) is 59.9 Å². The largest absolute Gasteiger partial charge is 0.206 e. The normalized spacial score (nSPS) is 18.1. The monoisotopic (exact) mass is 427 g/mol. The molecule has 0 aliphatic heterocycles. The zero-order valence-corrected chi connectivity index (χ0v) is 18.4. The fourth-order valence-electron chi connectivity index (χ4n) is 4.72. The Balaban J connectivity index is 1.47. The molecular formula is C29H27F2N. The standard InChI is InChI=1S/C29H27F2N/c1-2-20-3-5-21(6-4-20)7-8-22-11-16-27-25(17-22)15-14-24(29(27)31)12-9-23-10-13-26(19-32)28(30)18-23/h10-11,13-18,20-21H,2-8H2,1H3. The minimum atomic E-state index is -0.621. The fraction of sp³-hybridized carbons (Fsp3) is 0.345. The van der Waals surface area contributed by atoms with Crippen LogP contribution in [0.2, 0.25) is 0 Å². The highest BCUT2D eigenvalue weighted by atomic mass is 19.1. The molecule has 1 aliphatic rings. The molecular weight excluding hydrogens is 400 g/mol. The van der Waals surface area contributed by atoms with E-state index in [0.29, 0.717) is 10.9 Å². The number of nitrogens with zero attached hydrogens (tertiary/aromatic N) is 1. The number of halogens is 2. The number of nitriles is 1. The molecule has 1 saturated carbocycles. The van der Waals surface area contributed by atoms with Crippen LogP contribution in [-0.2, 0) is 6.42 Å². The Hall–Kier alpha value is -3.17. The molecule has 0 saturated heterocycles. The summed E-state index contributed by atoms with van der Waals surface area (Å²) >= 11 is 0. The van der Waals surface area contributed by atoms with E-state index in [1.807, 2.05) is 18.2 Å². The molecule has 1 fully saturated rings. The highest BCUT2D eigenvalue weighted by Crippen LogP contribution is 2.33. The van der Waals surface area contributed by atoms with Gasteiger partial charge in [0, 0.05) is 10.9 Å². The number of hydrogen-bond donors (Lipinski definition) is 0. The van der Waals surface area contributed by atoms with Gasteiger partial charge in [-0.3, -0.25) is 0 Å². The van der Waals surface area contributed by atoms with Crippen molar-refractivity contribution in [3.8, 4) is 17.9 Å². The van der Waals surface area contributed by atoms with E-state index >= 15 is 4.39 Å². The SMILES string of the molecule is CCC1CCC(CCc2ccc3c(F)c(C#Cc4ccc(C#N)c(F)c4)ccc3c2)CC1. The first-order valence-electron chi connectivity index (χ1n) is 11.5. The zero-order valence-electron chi connectivity index (χ0n) is 18.4. The first-order valence-corrected chi connectivity index (χ1v) is 11.5. The highest BCUT2D eigenvalue weighted by Gasteiger charge is 2.19. The van der Waals surface area contributed by atoms with Crippen molar-refractivity contribution >= 4 is 10.8 Å². The fourth-order valence-corrected chi connectivity index (χ4v) is 4.72. The smallest absolute Gasteiger partial charge is 0.146 e. The molecule has 0 aromatic heterocycles. The summed E-state index contributed by atoms with van der Waals surface area (Å²) in [6.07, 6.45) is 8.95. The van der Waals surface area contributed by atoms with Gasteiger partial charge in [-0.15, -0.1) is 0 Å². The Morgan fingerprint density at radius 1 is 0.875 bits per heavy atom. The Morgan fingerprint density at radius 3 is 2.34 bits per heavy atom. The molecule has 3 aromatic rings. The molecule has 0 bridgehead atoms. The van der Waals surface area contributed by atoms with Crippen molar-refractivity contribution in [2.45, 2.75) is 51.9 Å². The molecule has 1 aliphatic carbocycles. The molecule has 0 atom stereocenters. The third-order valence-corrected chi connectivity index (χ3v) is 6.83. The van der Waals surface area contributed by atoms with Crippen LogP contribution in [0.4, 0.5) is 8.78 Å². The van der Waals surface area contributed by atoms with Crippen LogP contribution >= 0.6 is 0 Å². The molecule has 162 valence electrons.